The van der Waals surface area contributed by atoms with Crippen LogP contribution in [0.1, 0.15) is 27.6 Å². The first kappa shape index (κ1) is 17.0. The second-order valence-corrected chi connectivity index (χ2v) is 4.85. The van der Waals surface area contributed by atoms with Crippen LogP contribution in [0.3, 0.4) is 0 Å². The van der Waals surface area contributed by atoms with Crippen LogP contribution < -0.4 is 20.5 Å². The summed E-state index contributed by atoms with van der Waals surface area (Å²) in [6, 6.07) is 10.7. The minimum atomic E-state index is -0.696. The van der Waals surface area contributed by atoms with Crippen molar-refractivity contribution in [1.82, 2.24) is 0 Å². The molecule has 0 saturated heterocycles. The van der Waals surface area contributed by atoms with E-state index in [1.54, 1.807) is 24.3 Å². The third-order valence-electron chi connectivity index (χ3n) is 3.10. The summed E-state index contributed by atoms with van der Waals surface area (Å²) in [6.45, 7) is 1.27. The van der Waals surface area contributed by atoms with Crippen molar-refractivity contribution in [2.45, 2.75) is 6.92 Å². The highest BCUT2D eigenvalue weighted by molar-refractivity contribution is 6.09. The summed E-state index contributed by atoms with van der Waals surface area (Å²) in [7, 11) is 1.46. The maximum absolute atomic E-state index is 12.3. The van der Waals surface area contributed by atoms with Crippen LogP contribution in [-0.2, 0) is 4.79 Å². The summed E-state index contributed by atoms with van der Waals surface area (Å²) >= 11 is 0. The van der Waals surface area contributed by atoms with Gasteiger partial charge in [-0.2, -0.15) is 0 Å². The lowest BCUT2D eigenvalue weighted by Gasteiger charge is -2.11. The van der Waals surface area contributed by atoms with Crippen LogP contribution in [-0.4, -0.2) is 24.9 Å². The zero-order valence-electron chi connectivity index (χ0n) is 13.2. The molecule has 2 aromatic rings. The highest BCUT2D eigenvalue weighted by Gasteiger charge is 2.14. The number of nitrogens with two attached hydrogens (primary N) is 1. The fourth-order valence-corrected chi connectivity index (χ4v) is 2.02. The van der Waals surface area contributed by atoms with Crippen LogP contribution >= 0.6 is 0 Å². The summed E-state index contributed by atoms with van der Waals surface area (Å²) in [5, 5.41) is 2.60. The Balaban J connectivity index is 2.26. The van der Waals surface area contributed by atoms with Crippen LogP contribution in [0.5, 0.6) is 11.5 Å². The largest absolute Gasteiger partial charge is 0.497 e. The van der Waals surface area contributed by atoms with Gasteiger partial charge in [-0.3, -0.25) is 14.4 Å². The first-order valence-corrected chi connectivity index (χ1v) is 6.98. The predicted molar refractivity (Wildman–Crippen MR) is 87.2 cm³/mol. The minimum absolute atomic E-state index is 0.124. The van der Waals surface area contributed by atoms with Crippen molar-refractivity contribution < 1.29 is 23.9 Å². The number of hydrogen-bond acceptors (Lipinski definition) is 5. The monoisotopic (exact) mass is 328 g/mol. The number of nitrogens with one attached hydrogen (secondary N) is 1. The highest BCUT2D eigenvalue weighted by atomic mass is 16.5. The Morgan fingerprint density at radius 3 is 2.42 bits per heavy atom. The molecule has 0 fully saturated rings. The number of esters is 1. The van der Waals surface area contributed by atoms with Gasteiger partial charge in [0.1, 0.15) is 11.5 Å². The van der Waals surface area contributed by atoms with Crippen LogP contribution in [0, 0.1) is 0 Å². The molecule has 0 spiro atoms. The zero-order chi connectivity index (χ0) is 17.7. The maximum Gasteiger partial charge on any atom is 0.308 e. The number of ether oxygens (including phenoxy) is 2. The van der Waals surface area contributed by atoms with E-state index in [0.29, 0.717) is 5.75 Å². The maximum atomic E-state index is 12.3. The molecule has 0 atom stereocenters. The number of methoxy groups -OCH3 is 1. The molecular formula is C17H16N2O5. The zero-order valence-corrected chi connectivity index (χ0v) is 13.2. The SMILES string of the molecule is COc1ccc(NC(=O)c2cccc(OC(C)=O)c2)c(C(N)=O)c1. The van der Waals surface area contributed by atoms with Crippen LogP contribution in [0.2, 0.25) is 0 Å². The van der Waals surface area contributed by atoms with E-state index in [2.05, 4.69) is 5.32 Å². The molecule has 2 rings (SSSR count). The van der Waals surface area contributed by atoms with Gasteiger partial charge in [-0.25, -0.2) is 0 Å². The van der Waals surface area contributed by atoms with Crippen molar-refractivity contribution in [1.29, 1.82) is 0 Å². The van der Waals surface area contributed by atoms with Gasteiger partial charge >= 0.3 is 5.97 Å². The molecule has 2 aromatic carbocycles. The molecule has 3 N–H and O–H groups in total. The Hall–Kier alpha value is -3.35. The number of amides is 2. The number of benzene rings is 2. The van der Waals surface area contributed by atoms with Gasteiger partial charge < -0.3 is 20.5 Å². The molecule has 2 amide bonds. The molecule has 0 saturated carbocycles. The number of carbonyl (C=O) groups is 3. The number of carbonyl (C=O) groups excluding carboxylic acids is 3. The van der Waals surface area contributed by atoms with E-state index in [1.807, 2.05) is 0 Å². The summed E-state index contributed by atoms with van der Waals surface area (Å²) in [6.07, 6.45) is 0. The average molecular weight is 328 g/mol. The summed E-state index contributed by atoms with van der Waals surface area (Å²) in [4.78, 5) is 34.9. The molecular weight excluding hydrogens is 312 g/mol. The number of anilines is 1. The van der Waals surface area contributed by atoms with E-state index < -0.39 is 17.8 Å². The first-order valence-electron chi connectivity index (χ1n) is 6.98. The third-order valence-corrected chi connectivity index (χ3v) is 3.10. The molecule has 0 aliphatic rings. The number of rotatable bonds is 5. The molecule has 7 nitrogen and oxygen atoms in total. The molecule has 0 aliphatic carbocycles. The smallest absolute Gasteiger partial charge is 0.308 e. The molecule has 0 unspecified atom stereocenters. The standard InChI is InChI=1S/C17H16N2O5/c1-10(20)24-13-5-3-4-11(8-13)17(22)19-15-7-6-12(23-2)9-14(15)16(18)21/h3-9H,1-2H3,(H2,18,21)(H,19,22). The van der Waals surface area contributed by atoms with Gasteiger partial charge in [0.05, 0.1) is 18.4 Å². The lowest BCUT2D eigenvalue weighted by Crippen LogP contribution is -2.18. The Bertz CT molecular complexity index is 801. The van der Waals surface area contributed by atoms with E-state index in [9.17, 15) is 14.4 Å². The highest BCUT2D eigenvalue weighted by Crippen LogP contribution is 2.23. The van der Waals surface area contributed by atoms with Crippen LogP contribution in [0.25, 0.3) is 0 Å². The van der Waals surface area contributed by atoms with Crippen molar-refractivity contribution in [3.8, 4) is 11.5 Å². The topological polar surface area (TPSA) is 108 Å². The Morgan fingerprint density at radius 1 is 1.04 bits per heavy atom. The number of hydrogen-bond donors (Lipinski definition) is 2. The number of primary amides is 1. The molecule has 7 heteroatoms. The van der Waals surface area contributed by atoms with Crippen LogP contribution in [0.15, 0.2) is 42.5 Å². The third kappa shape index (κ3) is 4.10. The molecule has 0 aliphatic heterocycles. The van der Waals surface area contributed by atoms with E-state index in [-0.39, 0.29) is 22.6 Å². The van der Waals surface area contributed by atoms with Crippen LogP contribution in [0.4, 0.5) is 5.69 Å². The molecule has 0 radical (unpaired) electrons. The van der Waals surface area contributed by atoms with Gasteiger partial charge in [0.25, 0.3) is 11.8 Å². The van der Waals surface area contributed by atoms with Crippen molar-refractivity contribution in [2.75, 3.05) is 12.4 Å². The van der Waals surface area contributed by atoms with Crippen molar-refractivity contribution >= 4 is 23.5 Å². The fraction of sp³-hybridized carbons (Fsp3) is 0.118. The second kappa shape index (κ2) is 7.28. The lowest BCUT2D eigenvalue weighted by atomic mass is 10.1. The van der Waals surface area contributed by atoms with E-state index in [0.717, 1.165) is 0 Å². The summed E-state index contributed by atoms with van der Waals surface area (Å²) < 4.78 is 9.97. The quantitative estimate of drug-likeness (QED) is 0.644. The fourth-order valence-electron chi connectivity index (χ4n) is 2.02. The van der Waals surface area contributed by atoms with Gasteiger partial charge in [-0.15, -0.1) is 0 Å². The average Bonchev–Trinajstić information content (AvgIpc) is 2.54. The van der Waals surface area contributed by atoms with Gasteiger partial charge in [0, 0.05) is 12.5 Å². The van der Waals surface area contributed by atoms with Gasteiger partial charge in [-0.1, -0.05) is 6.07 Å². The van der Waals surface area contributed by atoms with E-state index >= 15 is 0 Å². The van der Waals surface area contributed by atoms with E-state index in [1.165, 1.54) is 32.2 Å². The predicted octanol–water partition coefficient (Wildman–Crippen LogP) is 1.97. The summed E-state index contributed by atoms with van der Waals surface area (Å²) in [5.74, 6) is -0.966. The van der Waals surface area contributed by atoms with Gasteiger partial charge in [-0.05, 0) is 36.4 Å². The Kier molecular flexibility index (Phi) is 5.16. The van der Waals surface area contributed by atoms with Gasteiger partial charge in [0.15, 0.2) is 0 Å². The Morgan fingerprint density at radius 2 is 1.79 bits per heavy atom. The molecule has 24 heavy (non-hydrogen) atoms. The summed E-state index contributed by atoms with van der Waals surface area (Å²) in [5.41, 5.74) is 5.97. The normalized spacial score (nSPS) is 9.92. The molecule has 0 heterocycles. The molecule has 0 bridgehead atoms. The first-order chi connectivity index (χ1) is 11.4. The van der Waals surface area contributed by atoms with Gasteiger partial charge in [0.2, 0.25) is 0 Å². The molecule has 0 aromatic heterocycles. The minimum Gasteiger partial charge on any atom is -0.497 e. The Labute approximate surface area is 138 Å². The van der Waals surface area contributed by atoms with Crippen molar-refractivity contribution in [3.63, 3.8) is 0 Å². The van der Waals surface area contributed by atoms with Crippen molar-refractivity contribution in [3.05, 3.63) is 53.6 Å². The van der Waals surface area contributed by atoms with E-state index in [4.69, 9.17) is 15.2 Å². The van der Waals surface area contributed by atoms with Crippen molar-refractivity contribution in [2.24, 2.45) is 5.73 Å². The lowest BCUT2D eigenvalue weighted by molar-refractivity contribution is -0.131. The molecule has 124 valence electrons. The second-order valence-electron chi connectivity index (χ2n) is 4.85.